The van der Waals surface area contributed by atoms with E-state index in [0.29, 0.717) is 27.4 Å². The van der Waals surface area contributed by atoms with E-state index in [9.17, 15) is 33.8 Å². The number of carboxylic acids is 1. The number of carboxylic acid groups (broad SMARTS) is 1. The standard InChI is InChI=1S/C37H33ClFN3O8/c1-2-50-29-17-19(3-14-28(29)43)32-24-12-13-25-31(35(48)41(33(25)46)16-15-30(44)45)26(24)18-27-34(47)42(40-23-10-8-22(39)9-11-23)36(49)37(27,32)20-4-6-21(38)7-5-20/h3-12,14,17,25-27,31-32,40,43H,2,13,15-16,18H2,1H3,(H,44,45)/t25-,26+,27-,31-,32-,37+/m0/s1. The number of halogens is 2. The monoisotopic (exact) mass is 701 g/mol. The minimum Gasteiger partial charge on any atom is -0.504 e. The first kappa shape index (κ1) is 33.3. The van der Waals surface area contributed by atoms with E-state index in [2.05, 4.69) is 5.43 Å². The topological polar surface area (TPSA) is 154 Å². The van der Waals surface area contributed by atoms with Gasteiger partial charge in [-0.25, -0.2) is 4.39 Å². The van der Waals surface area contributed by atoms with Gasteiger partial charge in [0.15, 0.2) is 11.5 Å². The van der Waals surface area contributed by atoms with Crippen LogP contribution in [-0.2, 0) is 29.4 Å². The number of likely N-dealkylation sites (tertiary alicyclic amines) is 1. The van der Waals surface area contributed by atoms with E-state index < -0.39 is 76.8 Å². The van der Waals surface area contributed by atoms with Gasteiger partial charge in [0, 0.05) is 17.5 Å². The van der Waals surface area contributed by atoms with Crippen molar-refractivity contribution in [3.63, 3.8) is 0 Å². The molecule has 50 heavy (non-hydrogen) atoms. The predicted molar refractivity (Wildman–Crippen MR) is 177 cm³/mol. The summed E-state index contributed by atoms with van der Waals surface area (Å²) in [5.41, 5.74) is 3.29. The van der Waals surface area contributed by atoms with E-state index in [1.54, 1.807) is 43.3 Å². The Labute approximate surface area is 291 Å². The number of aromatic hydroxyl groups is 1. The molecule has 3 N–H and O–H groups in total. The Bertz CT molecular complexity index is 1950. The van der Waals surface area contributed by atoms with Crippen LogP contribution in [0.1, 0.15) is 43.2 Å². The van der Waals surface area contributed by atoms with Gasteiger partial charge in [-0.3, -0.25) is 34.3 Å². The summed E-state index contributed by atoms with van der Waals surface area (Å²) in [6, 6.07) is 16.6. The molecule has 1 saturated carbocycles. The maximum absolute atomic E-state index is 15.2. The van der Waals surface area contributed by atoms with Gasteiger partial charge in [0.2, 0.25) is 11.8 Å². The minimum absolute atomic E-state index is 0.0283. The number of phenols is 1. The SMILES string of the molecule is CCOc1cc([C@H]2C3=CC[C@@H]4C(=O)N(CCC(=O)O)C(=O)[C@@H]4[C@@H]3C[C@H]3C(=O)N(Nc4ccc(F)cc4)C(=O)[C@@]23c2ccc(Cl)cc2)ccc1O. The van der Waals surface area contributed by atoms with Crippen LogP contribution >= 0.6 is 11.6 Å². The normalized spacial score (nSPS) is 27.1. The zero-order valence-corrected chi connectivity index (χ0v) is 27.6. The summed E-state index contributed by atoms with van der Waals surface area (Å²) in [4.78, 5) is 69.7. The van der Waals surface area contributed by atoms with E-state index in [1.807, 2.05) is 6.08 Å². The van der Waals surface area contributed by atoms with Crippen molar-refractivity contribution in [2.24, 2.45) is 23.7 Å². The Morgan fingerprint density at radius 3 is 2.40 bits per heavy atom. The number of hydrazine groups is 1. The maximum Gasteiger partial charge on any atom is 0.305 e. The number of amides is 4. The predicted octanol–water partition coefficient (Wildman–Crippen LogP) is 5.04. The number of rotatable bonds is 9. The van der Waals surface area contributed by atoms with Gasteiger partial charge >= 0.3 is 5.97 Å². The highest BCUT2D eigenvalue weighted by Crippen LogP contribution is 2.64. The van der Waals surface area contributed by atoms with Crippen LogP contribution in [-0.4, -0.2) is 62.9 Å². The Morgan fingerprint density at radius 2 is 1.72 bits per heavy atom. The van der Waals surface area contributed by atoms with Gasteiger partial charge in [-0.15, -0.1) is 0 Å². The highest BCUT2D eigenvalue weighted by atomic mass is 35.5. The summed E-state index contributed by atoms with van der Waals surface area (Å²) in [5.74, 6) is -8.00. The number of carbonyl (C=O) groups excluding carboxylic acids is 4. The molecule has 3 aromatic carbocycles. The largest absolute Gasteiger partial charge is 0.504 e. The molecule has 0 bridgehead atoms. The smallest absolute Gasteiger partial charge is 0.305 e. The summed E-state index contributed by atoms with van der Waals surface area (Å²) in [7, 11) is 0. The average molecular weight is 702 g/mol. The van der Waals surface area contributed by atoms with Crippen molar-refractivity contribution in [2.45, 2.75) is 37.5 Å². The average Bonchev–Trinajstić information content (AvgIpc) is 3.46. The first-order chi connectivity index (χ1) is 24.0. The molecule has 7 rings (SSSR count). The Morgan fingerprint density at radius 1 is 1.00 bits per heavy atom. The van der Waals surface area contributed by atoms with Crippen molar-refractivity contribution >= 4 is 46.9 Å². The number of phenolic OH excluding ortho intramolecular Hbond substituents is 1. The van der Waals surface area contributed by atoms with Crippen LogP contribution in [0, 0.1) is 29.5 Å². The number of imide groups is 2. The van der Waals surface area contributed by atoms with Gasteiger partial charge < -0.3 is 14.9 Å². The van der Waals surface area contributed by atoms with Crippen molar-refractivity contribution in [1.82, 2.24) is 9.91 Å². The second-order valence-electron chi connectivity index (χ2n) is 13.0. The number of benzene rings is 3. The number of hydrogen-bond acceptors (Lipinski definition) is 8. The lowest BCUT2D eigenvalue weighted by molar-refractivity contribution is -0.143. The molecule has 0 aromatic heterocycles. The van der Waals surface area contributed by atoms with Gasteiger partial charge in [-0.05, 0) is 85.3 Å². The van der Waals surface area contributed by atoms with E-state index in [0.717, 1.165) is 9.91 Å². The molecule has 4 amide bonds. The molecular weight excluding hydrogens is 669 g/mol. The molecule has 2 aliphatic heterocycles. The van der Waals surface area contributed by atoms with E-state index in [4.69, 9.17) is 16.3 Å². The number of nitrogens with zero attached hydrogens (tertiary/aromatic N) is 2. The summed E-state index contributed by atoms with van der Waals surface area (Å²) in [5, 5.41) is 21.3. The first-order valence-electron chi connectivity index (χ1n) is 16.4. The number of aliphatic carboxylic acids is 1. The molecule has 0 radical (unpaired) electrons. The highest BCUT2D eigenvalue weighted by molar-refractivity contribution is 6.30. The van der Waals surface area contributed by atoms with Crippen LogP contribution in [0.3, 0.4) is 0 Å². The van der Waals surface area contributed by atoms with Crippen molar-refractivity contribution in [3.05, 3.63) is 100 Å². The molecule has 2 heterocycles. The zero-order chi connectivity index (χ0) is 35.5. The second kappa shape index (κ2) is 12.6. The van der Waals surface area contributed by atoms with Crippen molar-refractivity contribution in [2.75, 3.05) is 18.6 Å². The van der Waals surface area contributed by atoms with Gasteiger partial charge in [0.1, 0.15) is 5.82 Å². The lowest BCUT2D eigenvalue weighted by Gasteiger charge is -2.50. The third-order valence-electron chi connectivity index (χ3n) is 10.5. The molecular formula is C37H33ClFN3O8. The van der Waals surface area contributed by atoms with Gasteiger partial charge in [0.25, 0.3) is 11.8 Å². The minimum atomic E-state index is -1.60. The second-order valence-corrected chi connectivity index (χ2v) is 13.4. The van der Waals surface area contributed by atoms with Crippen LogP contribution in [0.15, 0.2) is 78.4 Å². The molecule has 13 heteroatoms. The fraction of sp³-hybridized carbons (Fsp3) is 0.324. The number of hydrogen-bond donors (Lipinski definition) is 3. The fourth-order valence-corrected chi connectivity index (χ4v) is 8.63. The van der Waals surface area contributed by atoms with Crippen LogP contribution in [0.5, 0.6) is 11.5 Å². The molecule has 258 valence electrons. The van der Waals surface area contributed by atoms with E-state index in [-0.39, 0.29) is 37.5 Å². The number of nitrogens with one attached hydrogen (secondary N) is 1. The summed E-state index contributed by atoms with van der Waals surface area (Å²) >= 11 is 6.32. The summed E-state index contributed by atoms with van der Waals surface area (Å²) in [6.07, 6.45) is 1.66. The van der Waals surface area contributed by atoms with Crippen molar-refractivity contribution in [1.29, 1.82) is 0 Å². The molecule has 2 saturated heterocycles. The highest BCUT2D eigenvalue weighted by Gasteiger charge is 2.70. The molecule has 3 fully saturated rings. The molecule has 11 nitrogen and oxygen atoms in total. The van der Waals surface area contributed by atoms with Crippen LogP contribution in [0.4, 0.5) is 10.1 Å². The zero-order valence-electron chi connectivity index (χ0n) is 26.8. The third kappa shape index (κ3) is 5.12. The fourth-order valence-electron chi connectivity index (χ4n) is 8.50. The lowest BCUT2D eigenvalue weighted by Crippen LogP contribution is -2.53. The van der Waals surface area contributed by atoms with Crippen LogP contribution in [0.2, 0.25) is 5.02 Å². The number of anilines is 1. The van der Waals surface area contributed by atoms with Crippen molar-refractivity contribution < 1.29 is 43.3 Å². The summed E-state index contributed by atoms with van der Waals surface area (Å²) in [6.45, 7) is 1.72. The molecule has 2 aliphatic carbocycles. The Hall–Kier alpha value is -5.23. The Balaban J connectivity index is 1.44. The molecule has 4 aliphatic rings. The Kier molecular flexibility index (Phi) is 8.37. The number of ether oxygens (including phenoxy) is 1. The third-order valence-corrected chi connectivity index (χ3v) is 10.8. The number of allylic oxidation sites excluding steroid dienone is 2. The van der Waals surface area contributed by atoms with Gasteiger partial charge in [-0.1, -0.05) is 41.4 Å². The van der Waals surface area contributed by atoms with Crippen LogP contribution in [0.25, 0.3) is 0 Å². The van der Waals surface area contributed by atoms with E-state index in [1.165, 1.54) is 30.3 Å². The quantitative estimate of drug-likeness (QED) is 0.206. The maximum atomic E-state index is 15.2. The van der Waals surface area contributed by atoms with E-state index >= 15 is 4.79 Å². The summed E-state index contributed by atoms with van der Waals surface area (Å²) < 4.78 is 19.6. The molecule has 0 spiro atoms. The first-order valence-corrected chi connectivity index (χ1v) is 16.7. The molecule has 6 atom stereocenters. The number of carbonyl (C=O) groups is 5. The van der Waals surface area contributed by atoms with Crippen molar-refractivity contribution in [3.8, 4) is 11.5 Å². The molecule has 3 aromatic rings. The van der Waals surface area contributed by atoms with Gasteiger partial charge in [-0.2, -0.15) is 5.01 Å². The van der Waals surface area contributed by atoms with Crippen LogP contribution < -0.4 is 10.2 Å². The number of fused-ring (bicyclic) bond motifs is 4. The molecule has 0 unspecified atom stereocenters. The van der Waals surface area contributed by atoms with Gasteiger partial charge in [0.05, 0.1) is 41.9 Å². The lowest BCUT2D eigenvalue weighted by atomic mass is 9.49.